The minimum absolute atomic E-state index is 0.239. The average molecular weight is 399 g/mol. The van der Waals surface area contributed by atoms with Gasteiger partial charge in [-0.25, -0.2) is 9.18 Å². The Bertz CT molecular complexity index is 1230. The van der Waals surface area contributed by atoms with Crippen molar-refractivity contribution in [2.75, 3.05) is 11.9 Å². The Balaban J connectivity index is 1.59. The summed E-state index contributed by atoms with van der Waals surface area (Å²) in [6.07, 6.45) is 0.714. The third kappa shape index (κ3) is 3.12. The monoisotopic (exact) mass is 399 g/mol. The molecule has 0 bridgehead atoms. The van der Waals surface area contributed by atoms with Gasteiger partial charge in [-0.3, -0.25) is 0 Å². The summed E-state index contributed by atoms with van der Waals surface area (Å²) in [5.41, 5.74) is 5.37. The smallest absolute Gasteiger partial charge is 0.322 e. The number of H-pyrrole nitrogens is 1. The molecule has 1 aliphatic heterocycles. The van der Waals surface area contributed by atoms with Gasteiger partial charge >= 0.3 is 6.03 Å². The highest BCUT2D eigenvalue weighted by Crippen LogP contribution is 2.39. The number of halogens is 1. The number of aromatic amines is 1. The second-order valence-electron chi connectivity index (χ2n) is 7.73. The molecular weight excluding hydrogens is 377 g/mol. The Labute approximate surface area is 174 Å². The zero-order valence-electron chi connectivity index (χ0n) is 16.7. The van der Waals surface area contributed by atoms with E-state index in [-0.39, 0.29) is 11.8 Å². The van der Waals surface area contributed by atoms with Gasteiger partial charge in [0.25, 0.3) is 0 Å². The molecular formula is C25H22FN3O. The van der Waals surface area contributed by atoms with Crippen LogP contribution in [0.15, 0.2) is 72.8 Å². The molecule has 0 saturated carbocycles. The number of fused-ring (bicyclic) bond motifs is 3. The Kier molecular flexibility index (Phi) is 4.51. The molecule has 3 aromatic carbocycles. The molecule has 1 aromatic heterocycles. The van der Waals surface area contributed by atoms with Gasteiger partial charge < -0.3 is 15.2 Å². The normalized spacial score (nSPS) is 15.8. The highest BCUT2D eigenvalue weighted by atomic mass is 19.1. The highest BCUT2D eigenvalue weighted by molar-refractivity contribution is 5.91. The number of hydrogen-bond acceptors (Lipinski definition) is 1. The summed E-state index contributed by atoms with van der Waals surface area (Å²) in [4.78, 5) is 18.4. The number of urea groups is 1. The van der Waals surface area contributed by atoms with Gasteiger partial charge in [-0.1, -0.05) is 54.1 Å². The van der Waals surface area contributed by atoms with Crippen molar-refractivity contribution in [2.45, 2.75) is 19.4 Å². The number of anilines is 1. The molecule has 150 valence electrons. The Morgan fingerprint density at radius 1 is 1.03 bits per heavy atom. The number of aryl methyl sites for hydroxylation is 1. The Morgan fingerprint density at radius 3 is 2.57 bits per heavy atom. The quantitative estimate of drug-likeness (QED) is 0.440. The van der Waals surface area contributed by atoms with Crippen LogP contribution in [0.5, 0.6) is 0 Å². The molecule has 0 radical (unpaired) electrons. The first kappa shape index (κ1) is 18.4. The van der Waals surface area contributed by atoms with Crippen molar-refractivity contribution in [3.8, 4) is 0 Å². The number of aromatic nitrogens is 1. The number of carbonyl (C=O) groups excluding carboxylic acids is 1. The van der Waals surface area contributed by atoms with Crippen molar-refractivity contribution < 1.29 is 9.18 Å². The minimum atomic E-state index is -0.521. The molecule has 5 heteroatoms. The lowest BCUT2D eigenvalue weighted by atomic mass is 9.92. The third-order valence-electron chi connectivity index (χ3n) is 5.80. The summed E-state index contributed by atoms with van der Waals surface area (Å²) < 4.78 is 14.9. The van der Waals surface area contributed by atoms with Crippen LogP contribution in [-0.2, 0) is 6.42 Å². The van der Waals surface area contributed by atoms with E-state index in [0.717, 1.165) is 33.4 Å². The van der Waals surface area contributed by atoms with E-state index in [4.69, 9.17) is 0 Å². The lowest BCUT2D eigenvalue weighted by Gasteiger charge is -2.36. The molecule has 0 spiro atoms. The Hall–Kier alpha value is -3.60. The molecule has 2 N–H and O–H groups in total. The molecule has 2 amide bonds. The molecule has 4 nitrogen and oxygen atoms in total. The largest absolute Gasteiger partial charge is 0.356 e. The van der Waals surface area contributed by atoms with Crippen molar-refractivity contribution in [3.63, 3.8) is 0 Å². The summed E-state index contributed by atoms with van der Waals surface area (Å²) in [7, 11) is 0. The molecule has 0 fully saturated rings. The molecule has 0 aliphatic carbocycles. The number of nitrogens with one attached hydrogen (secondary N) is 2. The van der Waals surface area contributed by atoms with Crippen LogP contribution in [-0.4, -0.2) is 22.5 Å². The van der Waals surface area contributed by atoms with Crippen LogP contribution in [0.2, 0.25) is 0 Å². The summed E-state index contributed by atoms with van der Waals surface area (Å²) in [6, 6.07) is 21.7. The van der Waals surface area contributed by atoms with Gasteiger partial charge in [0.1, 0.15) is 11.9 Å². The van der Waals surface area contributed by atoms with E-state index >= 15 is 0 Å². The summed E-state index contributed by atoms with van der Waals surface area (Å²) in [5, 5.41) is 4.11. The van der Waals surface area contributed by atoms with Gasteiger partial charge in [0.15, 0.2) is 0 Å². The predicted molar refractivity (Wildman–Crippen MR) is 117 cm³/mol. The maximum atomic E-state index is 14.9. The van der Waals surface area contributed by atoms with E-state index in [1.165, 1.54) is 6.07 Å². The fourth-order valence-corrected chi connectivity index (χ4v) is 4.31. The SMILES string of the molecule is Cc1ccc(NC(=O)N2CCc3c([nH]c4ccccc34)[C@@H]2c2ccccc2F)cc1. The zero-order valence-corrected chi connectivity index (χ0v) is 16.7. The predicted octanol–water partition coefficient (Wildman–Crippen LogP) is 5.80. The number of amides is 2. The van der Waals surface area contributed by atoms with E-state index in [9.17, 15) is 9.18 Å². The van der Waals surface area contributed by atoms with Crippen molar-refractivity contribution >= 4 is 22.6 Å². The molecule has 0 saturated heterocycles. The van der Waals surface area contributed by atoms with Crippen LogP contribution in [0.3, 0.4) is 0 Å². The maximum Gasteiger partial charge on any atom is 0.322 e. The molecule has 30 heavy (non-hydrogen) atoms. The van der Waals surface area contributed by atoms with Crippen molar-refractivity contribution in [1.29, 1.82) is 0 Å². The lowest BCUT2D eigenvalue weighted by Crippen LogP contribution is -2.43. The van der Waals surface area contributed by atoms with Crippen molar-refractivity contribution in [3.05, 3.63) is 101 Å². The first-order valence-electron chi connectivity index (χ1n) is 10.1. The molecule has 1 aliphatic rings. The topological polar surface area (TPSA) is 48.1 Å². The highest BCUT2D eigenvalue weighted by Gasteiger charge is 2.35. The first-order chi connectivity index (χ1) is 14.6. The van der Waals surface area contributed by atoms with Gasteiger partial charge in [0.2, 0.25) is 0 Å². The lowest BCUT2D eigenvalue weighted by molar-refractivity contribution is 0.192. The van der Waals surface area contributed by atoms with Crippen LogP contribution < -0.4 is 5.32 Å². The van der Waals surface area contributed by atoms with E-state index in [1.807, 2.05) is 55.5 Å². The van der Waals surface area contributed by atoms with E-state index < -0.39 is 6.04 Å². The van der Waals surface area contributed by atoms with Gasteiger partial charge in [0.05, 0.1) is 0 Å². The third-order valence-corrected chi connectivity index (χ3v) is 5.80. The molecule has 5 rings (SSSR count). The van der Waals surface area contributed by atoms with Crippen LogP contribution in [0.1, 0.15) is 28.4 Å². The second-order valence-corrected chi connectivity index (χ2v) is 7.73. The van der Waals surface area contributed by atoms with Crippen LogP contribution in [0.4, 0.5) is 14.9 Å². The molecule has 2 heterocycles. The van der Waals surface area contributed by atoms with Gasteiger partial charge in [-0.2, -0.15) is 0 Å². The fourth-order valence-electron chi connectivity index (χ4n) is 4.31. The van der Waals surface area contributed by atoms with Crippen LogP contribution in [0.25, 0.3) is 10.9 Å². The summed E-state index contributed by atoms with van der Waals surface area (Å²) in [5.74, 6) is -0.317. The average Bonchev–Trinajstić information content (AvgIpc) is 3.14. The van der Waals surface area contributed by atoms with E-state index in [0.29, 0.717) is 18.5 Å². The standard InChI is InChI=1S/C25H22FN3O/c1-16-10-12-17(13-11-16)27-25(30)29-15-14-19-18-6-3-5-9-22(18)28-23(19)24(29)20-7-2-4-8-21(20)26/h2-13,24,28H,14-15H2,1H3,(H,27,30)/t24-/m0/s1. The van der Waals surface area contributed by atoms with Gasteiger partial charge in [-0.15, -0.1) is 0 Å². The maximum absolute atomic E-state index is 14.9. The number of benzene rings is 3. The van der Waals surface area contributed by atoms with Crippen molar-refractivity contribution in [2.24, 2.45) is 0 Å². The molecule has 1 atom stereocenters. The van der Waals surface area contributed by atoms with E-state index in [1.54, 1.807) is 17.0 Å². The summed E-state index contributed by atoms with van der Waals surface area (Å²) in [6.45, 7) is 2.51. The summed E-state index contributed by atoms with van der Waals surface area (Å²) >= 11 is 0. The van der Waals surface area contributed by atoms with Gasteiger partial charge in [0, 0.05) is 34.4 Å². The second kappa shape index (κ2) is 7.34. The van der Waals surface area contributed by atoms with Crippen LogP contribution in [0, 0.1) is 12.7 Å². The number of para-hydroxylation sites is 1. The number of carbonyl (C=O) groups is 1. The van der Waals surface area contributed by atoms with E-state index in [2.05, 4.69) is 16.4 Å². The Morgan fingerprint density at radius 2 is 1.77 bits per heavy atom. The number of nitrogens with zero attached hydrogens (tertiary/aromatic N) is 1. The first-order valence-corrected chi connectivity index (χ1v) is 10.1. The zero-order chi connectivity index (χ0) is 20.7. The minimum Gasteiger partial charge on any atom is -0.356 e. The van der Waals surface area contributed by atoms with Crippen molar-refractivity contribution in [1.82, 2.24) is 9.88 Å². The number of hydrogen-bond donors (Lipinski definition) is 2. The molecule has 4 aromatic rings. The van der Waals surface area contributed by atoms with Gasteiger partial charge in [-0.05, 0) is 43.2 Å². The fraction of sp³-hybridized carbons (Fsp3) is 0.160. The number of rotatable bonds is 2. The van der Waals surface area contributed by atoms with Crippen LogP contribution >= 0.6 is 0 Å². The molecule has 0 unspecified atom stereocenters.